The molecule has 110 valence electrons. The van der Waals surface area contributed by atoms with Gasteiger partial charge in [0.15, 0.2) is 11.7 Å². The third-order valence-corrected chi connectivity index (χ3v) is 2.43. The molecule has 0 aliphatic carbocycles. The van der Waals surface area contributed by atoms with Crippen LogP contribution in [0.5, 0.6) is 5.75 Å². The number of amides is 1. The summed E-state index contributed by atoms with van der Waals surface area (Å²) in [5, 5.41) is 11.5. The van der Waals surface area contributed by atoms with Crippen molar-refractivity contribution in [2.75, 3.05) is 20.3 Å². The summed E-state index contributed by atoms with van der Waals surface area (Å²) < 4.78 is 9.88. The van der Waals surface area contributed by atoms with Crippen LogP contribution in [0.2, 0.25) is 0 Å². The zero-order chi connectivity index (χ0) is 15.0. The molecule has 20 heavy (non-hydrogen) atoms. The molecule has 0 bridgehead atoms. The predicted octanol–water partition coefficient (Wildman–Crippen LogP) is 0.134. The quantitative estimate of drug-likeness (QED) is 0.690. The highest BCUT2D eigenvalue weighted by molar-refractivity contribution is 5.97. The van der Waals surface area contributed by atoms with Crippen molar-refractivity contribution in [3.8, 4) is 5.75 Å². The maximum absolute atomic E-state index is 12.0. The summed E-state index contributed by atoms with van der Waals surface area (Å²) in [6.45, 7) is 1.53. The lowest BCUT2D eigenvalue weighted by Gasteiger charge is -2.15. The van der Waals surface area contributed by atoms with Crippen molar-refractivity contribution in [3.63, 3.8) is 0 Å². The Bertz CT molecular complexity index is 464. The molecule has 1 aromatic heterocycles. The van der Waals surface area contributed by atoms with Gasteiger partial charge in [-0.25, -0.2) is 9.78 Å². The van der Waals surface area contributed by atoms with Crippen LogP contribution in [0.1, 0.15) is 23.8 Å². The van der Waals surface area contributed by atoms with Crippen LogP contribution in [-0.4, -0.2) is 48.3 Å². The van der Waals surface area contributed by atoms with Crippen molar-refractivity contribution >= 4 is 11.9 Å². The third-order valence-electron chi connectivity index (χ3n) is 2.43. The molecular formula is C13H18N2O5. The summed E-state index contributed by atoms with van der Waals surface area (Å²) in [5.41, 5.74) is 0.0386. The van der Waals surface area contributed by atoms with Gasteiger partial charge in [0.1, 0.15) is 5.75 Å². The molecule has 0 unspecified atom stereocenters. The highest BCUT2D eigenvalue weighted by Gasteiger charge is 2.24. The molecule has 0 aliphatic heterocycles. The first-order valence-electron chi connectivity index (χ1n) is 6.21. The number of hydrogen-bond donors (Lipinski definition) is 2. The van der Waals surface area contributed by atoms with Gasteiger partial charge in [0.05, 0.1) is 20.3 Å². The second kappa shape index (κ2) is 8.11. The van der Waals surface area contributed by atoms with E-state index < -0.39 is 24.5 Å². The Morgan fingerprint density at radius 2 is 2.25 bits per heavy atom. The lowest BCUT2D eigenvalue weighted by Crippen LogP contribution is -2.44. The summed E-state index contributed by atoms with van der Waals surface area (Å²) in [7, 11) is 1.41. The molecule has 0 aliphatic rings. The van der Waals surface area contributed by atoms with Crippen molar-refractivity contribution in [1.29, 1.82) is 0 Å². The van der Waals surface area contributed by atoms with Crippen molar-refractivity contribution in [3.05, 3.63) is 24.0 Å². The number of pyridine rings is 1. The van der Waals surface area contributed by atoms with E-state index in [1.165, 1.54) is 13.3 Å². The molecule has 7 heteroatoms. The Kier molecular flexibility index (Phi) is 6.45. The number of ether oxygens (including phenoxy) is 2. The van der Waals surface area contributed by atoms with Gasteiger partial charge in [0.2, 0.25) is 0 Å². The summed E-state index contributed by atoms with van der Waals surface area (Å²) in [6.07, 6.45) is 2.09. The number of aliphatic hydroxyl groups excluding tert-OH is 1. The molecule has 2 N–H and O–H groups in total. The van der Waals surface area contributed by atoms with Crippen LogP contribution in [0.15, 0.2) is 18.3 Å². The number of nitrogens with one attached hydrogen (secondary N) is 1. The van der Waals surface area contributed by atoms with Crippen molar-refractivity contribution < 1.29 is 24.2 Å². The number of carbonyl (C=O) groups excluding carboxylic acids is 2. The number of aliphatic hydroxyl groups is 1. The lowest BCUT2D eigenvalue weighted by atomic mass is 10.2. The smallest absolute Gasteiger partial charge is 0.331 e. The minimum absolute atomic E-state index is 0.0386. The molecule has 0 saturated carbocycles. The first kappa shape index (κ1) is 15.9. The normalized spacial score (nSPS) is 11.6. The number of nitrogens with zero attached hydrogens (tertiary/aromatic N) is 1. The number of hydrogen-bond acceptors (Lipinski definition) is 6. The van der Waals surface area contributed by atoms with E-state index in [4.69, 9.17) is 14.6 Å². The lowest BCUT2D eigenvalue weighted by molar-refractivity contribution is -0.146. The Balaban J connectivity index is 2.74. The van der Waals surface area contributed by atoms with E-state index >= 15 is 0 Å². The van der Waals surface area contributed by atoms with Gasteiger partial charge < -0.3 is 19.9 Å². The van der Waals surface area contributed by atoms with Crippen molar-refractivity contribution in [2.45, 2.75) is 19.4 Å². The maximum Gasteiger partial charge on any atom is 0.331 e. The summed E-state index contributed by atoms with van der Waals surface area (Å²) >= 11 is 0. The van der Waals surface area contributed by atoms with Crippen LogP contribution in [0.25, 0.3) is 0 Å². The van der Waals surface area contributed by atoms with Gasteiger partial charge in [0, 0.05) is 6.20 Å². The third kappa shape index (κ3) is 4.20. The second-order valence-electron chi connectivity index (χ2n) is 3.93. The van der Waals surface area contributed by atoms with Crippen LogP contribution in [0.4, 0.5) is 0 Å². The van der Waals surface area contributed by atoms with Gasteiger partial charge in [-0.1, -0.05) is 6.92 Å². The van der Waals surface area contributed by atoms with E-state index in [0.717, 1.165) is 0 Å². The van der Waals surface area contributed by atoms with E-state index in [2.05, 4.69) is 10.3 Å². The van der Waals surface area contributed by atoms with Gasteiger partial charge in [-0.3, -0.25) is 4.79 Å². The molecule has 0 saturated heterocycles. The molecule has 7 nitrogen and oxygen atoms in total. The van der Waals surface area contributed by atoms with Crippen LogP contribution in [0, 0.1) is 0 Å². The monoisotopic (exact) mass is 282 g/mol. The molecule has 1 heterocycles. The average Bonchev–Trinajstić information content (AvgIpc) is 2.49. The van der Waals surface area contributed by atoms with Crippen molar-refractivity contribution in [2.24, 2.45) is 0 Å². The topological polar surface area (TPSA) is 97.8 Å². The molecule has 1 rings (SSSR count). The first-order chi connectivity index (χ1) is 9.63. The Morgan fingerprint density at radius 1 is 1.50 bits per heavy atom. The zero-order valence-electron chi connectivity index (χ0n) is 11.5. The fourth-order valence-electron chi connectivity index (χ4n) is 1.43. The Morgan fingerprint density at radius 3 is 2.85 bits per heavy atom. The van der Waals surface area contributed by atoms with Gasteiger partial charge in [0.25, 0.3) is 5.91 Å². The minimum Gasteiger partial charge on any atom is -0.494 e. The number of rotatable bonds is 7. The molecule has 0 spiro atoms. The van der Waals surface area contributed by atoms with Crippen LogP contribution >= 0.6 is 0 Å². The number of esters is 1. The Labute approximate surface area is 116 Å². The van der Waals surface area contributed by atoms with E-state index in [1.54, 1.807) is 12.1 Å². The first-order valence-corrected chi connectivity index (χ1v) is 6.21. The van der Waals surface area contributed by atoms with Gasteiger partial charge in [-0.05, 0) is 18.6 Å². The Hall–Kier alpha value is -2.15. The zero-order valence-corrected chi connectivity index (χ0v) is 11.5. The summed E-state index contributed by atoms with van der Waals surface area (Å²) in [5.74, 6) is -1.02. The van der Waals surface area contributed by atoms with E-state index in [9.17, 15) is 9.59 Å². The van der Waals surface area contributed by atoms with Gasteiger partial charge in [-0.2, -0.15) is 0 Å². The molecular weight excluding hydrogens is 264 g/mol. The minimum atomic E-state index is -1.12. The highest BCUT2D eigenvalue weighted by atomic mass is 16.5. The van der Waals surface area contributed by atoms with E-state index in [1.807, 2.05) is 6.92 Å². The van der Waals surface area contributed by atoms with Crippen LogP contribution in [-0.2, 0) is 9.53 Å². The molecule has 1 atom stereocenters. The predicted molar refractivity (Wildman–Crippen MR) is 70.4 cm³/mol. The fraction of sp³-hybridized carbons (Fsp3) is 0.462. The maximum atomic E-state index is 12.0. The second-order valence-corrected chi connectivity index (χ2v) is 3.93. The van der Waals surface area contributed by atoms with Crippen LogP contribution in [0.3, 0.4) is 0 Å². The van der Waals surface area contributed by atoms with E-state index in [0.29, 0.717) is 6.42 Å². The molecule has 1 aromatic rings. The molecule has 1 amide bonds. The summed E-state index contributed by atoms with van der Waals surface area (Å²) in [4.78, 5) is 27.5. The van der Waals surface area contributed by atoms with Gasteiger partial charge in [-0.15, -0.1) is 0 Å². The van der Waals surface area contributed by atoms with Crippen LogP contribution < -0.4 is 10.1 Å². The molecule has 0 radical (unpaired) electrons. The molecule has 0 aromatic carbocycles. The largest absolute Gasteiger partial charge is 0.494 e. The van der Waals surface area contributed by atoms with E-state index in [-0.39, 0.29) is 18.1 Å². The highest BCUT2D eigenvalue weighted by Crippen LogP contribution is 2.14. The number of methoxy groups -OCH3 is 1. The average molecular weight is 282 g/mol. The van der Waals surface area contributed by atoms with Crippen molar-refractivity contribution in [1.82, 2.24) is 10.3 Å². The summed E-state index contributed by atoms with van der Waals surface area (Å²) in [6, 6.07) is 2.07. The molecule has 0 fully saturated rings. The number of carbonyl (C=O) groups is 2. The van der Waals surface area contributed by atoms with Gasteiger partial charge >= 0.3 is 5.97 Å². The SMILES string of the molecule is CCCOC(=O)[C@H](CO)NC(=O)c1ncccc1OC. The standard InChI is InChI=1S/C13H18N2O5/c1-3-7-20-13(18)9(8-16)15-12(17)11-10(19-2)5-4-6-14-11/h4-6,9,16H,3,7-8H2,1-2H3,(H,15,17)/t9-/m0/s1. The number of aromatic nitrogens is 1. The fourth-order valence-corrected chi connectivity index (χ4v) is 1.43.